The third-order valence-corrected chi connectivity index (χ3v) is 3.04. The summed E-state index contributed by atoms with van der Waals surface area (Å²) < 4.78 is 34.2. The zero-order chi connectivity index (χ0) is 13.8. The molecule has 0 aliphatic heterocycles. The molecule has 0 saturated carbocycles. The lowest BCUT2D eigenvalue weighted by atomic mass is 10.5. The van der Waals surface area contributed by atoms with Crippen molar-refractivity contribution in [2.45, 2.75) is 12.0 Å². The molecule has 1 heterocycles. The minimum Gasteiger partial charge on any atom is -0.475 e. The number of carboxylic acid groups (broad SMARTS) is 1. The quantitative estimate of drug-likeness (QED) is 0.691. The van der Waals surface area contributed by atoms with Crippen LogP contribution in [0.5, 0.6) is 0 Å². The summed E-state index contributed by atoms with van der Waals surface area (Å²) in [5.41, 5.74) is 0. The van der Waals surface area contributed by atoms with Gasteiger partial charge in [-0.2, -0.15) is 4.72 Å². The molecule has 100 valence electrons. The van der Waals surface area contributed by atoms with E-state index in [1.54, 1.807) is 6.92 Å². The van der Waals surface area contributed by atoms with Crippen molar-refractivity contribution in [1.82, 2.24) is 4.72 Å². The molecule has 0 fully saturated rings. The highest BCUT2D eigenvalue weighted by molar-refractivity contribution is 7.89. The van der Waals surface area contributed by atoms with Gasteiger partial charge in [0.15, 0.2) is 0 Å². The maximum absolute atomic E-state index is 11.6. The molecule has 0 unspecified atom stereocenters. The highest BCUT2D eigenvalue weighted by Gasteiger charge is 2.21. The van der Waals surface area contributed by atoms with Crippen LogP contribution in [0, 0.1) is 0 Å². The van der Waals surface area contributed by atoms with Crippen LogP contribution in [0.25, 0.3) is 0 Å². The maximum atomic E-state index is 11.6. The van der Waals surface area contributed by atoms with Gasteiger partial charge < -0.3 is 14.3 Å². The SMILES string of the molecule is CCOC(=O)CNS(=O)(=O)c1ccc(C(=O)O)o1. The van der Waals surface area contributed by atoms with Crippen LogP contribution < -0.4 is 4.72 Å². The first-order valence-electron chi connectivity index (χ1n) is 4.85. The molecule has 0 atom stereocenters. The van der Waals surface area contributed by atoms with E-state index in [9.17, 15) is 18.0 Å². The lowest BCUT2D eigenvalue weighted by molar-refractivity contribution is -0.141. The van der Waals surface area contributed by atoms with E-state index in [2.05, 4.69) is 9.15 Å². The molecule has 1 rings (SSSR count). The predicted octanol–water partition coefficient (Wildman–Crippen LogP) is -0.181. The molecule has 2 N–H and O–H groups in total. The number of carboxylic acids is 1. The number of furan rings is 1. The first-order chi connectivity index (χ1) is 8.36. The number of ether oxygens (including phenoxy) is 1. The Bertz CT molecular complexity index is 545. The van der Waals surface area contributed by atoms with Crippen LogP contribution in [0.3, 0.4) is 0 Å². The zero-order valence-corrected chi connectivity index (χ0v) is 10.2. The molecule has 0 amide bonds. The Morgan fingerprint density at radius 1 is 1.44 bits per heavy atom. The molecule has 0 spiro atoms. The van der Waals surface area contributed by atoms with Crippen molar-refractivity contribution in [3.05, 3.63) is 17.9 Å². The number of carbonyl (C=O) groups excluding carboxylic acids is 1. The Labute approximate surface area is 103 Å². The average Bonchev–Trinajstić information content (AvgIpc) is 2.77. The van der Waals surface area contributed by atoms with Gasteiger partial charge in [0, 0.05) is 0 Å². The Hall–Kier alpha value is -1.87. The normalized spacial score (nSPS) is 11.2. The van der Waals surface area contributed by atoms with Crippen molar-refractivity contribution in [2.24, 2.45) is 0 Å². The summed E-state index contributed by atoms with van der Waals surface area (Å²) in [7, 11) is -4.07. The zero-order valence-electron chi connectivity index (χ0n) is 9.37. The van der Waals surface area contributed by atoms with Crippen molar-refractivity contribution < 1.29 is 32.3 Å². The molecular weight excluding hydrogens is 266 g/mol. The number of rotatable bonds is 6. The summed E-state index contributed by atoms with van der Waals surface area (Å²) >= 11 is 0. The van der Waals surface area contributed by atoms with Crippen molar-refractivity contribution in [3.63, 3.8) is 0 Å². The van der Waals surface area contributed by atoms with Crippen LogP contribution >= 0.6 is 0 Å². The topological polar surface area (TPSA) is 123 Å². The smallest absolute Gasteiger partial charge is 0.371 e. The minimum atomic E-state index is -4.07. The summed E-state index contributed by atoms with van der Waals surface area (Å²) in [5, 5.41) is 7.99. The maximum Gasteiger partial charge on any atom is 0.371 e. The fourth-order valence-electron chi connectivity index (χ4n) is 1.02. The Kier molecular flexibility index (Phi) is 4.45. The summed E-state index contributed by atoms with van der Waals surface area (Å²) in [6.45, 7) is 1.15. The molecule has 0 saturated heterocycles. The van der Waals surface area contributed by atoms with Crippen molar-refractivity contribution in [1.29, 1.82) is 0 Å². The third kappa shape index (κ3) is 3.57. The standard InChI is InChI=1S/C9H11NO7S/c1-2-16-7(11)5-10-18(14,15)8-4-3-6(17-8)9(12)13/h3-4,10H,2,5H2,1H3,(H,12,13). The molecule has 9 heteroatoms. The van der Waals surface area contributed by atoms with Crippen LogP contribution in [-0.2, 0) is 19.6 Å². The fourth-order valence-corrected chi connectivity index (χ4v) is 1.91. The van der Waals surface area contributed by atoms with Gasteiger partial charge in [0.2, 0.25) is 10.9 Å². The number of sulfonamides is 1. The summed E-state index contributed by atoms with van der Waals surface area (Å²) in [5.74, 6) is -2.64. The molecular formula is C9H11NO7S. The van der Waals surface area contributed by atoms with Gasteiger partial charge in [-0.3, -0.25) is 4.79 Å². The number of hydrogen-bond donors (Lipinski definition) is 2. The van der Waals surface area contributed by atoms with Crippen LogP contribution in [0.15, 0.2) is 21.6 Å². The molecule has 0 bridgehead atoms. The predicted molar refractivity (Wildman–Crippen MR) is 57.5 cm³/mol. The molecule has 0 aliphatic carbocycles. The summed E-state index contributed by atoms with van der Waals surface area (Å²) in [6.07, 6.45) is 0. The Balaban J connectivity index is 2.74. The molecule has 1 aromatic rings. The molecule has 0 radical (unpaired) electrons. The largest absolute Gasteiger partial charge is 0.475 e. The van der Waals surface area contributed by atoms with E-state index in [0.717, 1.165) is 12.1 Å². The van der Waals surface area contributed by atoms with Gasteiger partial charge in [0.1, 0.15) is 6.54 Å². The van der Waals surface area contributed by atoms with Crippen molar-refractivity contribution in [3.8, 4) is 0 Å². The number of hydrogen-bond acceptors (Lipinski definition) is 6. The fraction of sp³-hybridized carbons (Fsp3) is 0.333. The summed E-state index contributed by atoms with van der Waals surface area (Å²) in [6, 6.07) is 1.98. The molecule has 0 aliphatic rings. The summed E-state index contributed by atoms with van der Waals surface area (Å²) in [4.78, 5) is 21.5. The molecule has 0 aromatic carbocycles. The lowest BCUT2D eigenvalue weighted by Gasteiger charge is -2.03. The molecule has 1 aromatic heterocycles. The van der Waals surface area contributed by atoms with E-state index in [1.807, 2.05) is 4.72 Å². The van der Waals surface area contributed by atoms with E-state index in [1.165, 1.54) is 0 Å². The van der Waals surface area contributed by atoms with Gasteiger partial charge in [-0.1, -0.05) is 0 Å². The first kappa shape index (κ1) is 14.2. The van der Waals surface area contributed by atoms with E-state index in [0.29, 0.717) is 0 Å². The van der Waals surface area contributed by atoms with Crippen LogP contribution in [0.4, 0.5) is 0 Å². The van der Waals surface area contributed by atoms with Gasteiger partial charge >= 0.3 is 11.9 Å². The second-order valence-electron chi connectivity index (χ2n) is 3.05. The van der Waals surface area contributed by atoms with E-state index in [-0.39, 0.29) is 6.61 Å². The number of esters is 1. The number of carbonyl (C=O) groups is 2. The molecule has 8 nitrogen and oxygen atoms in total. The van der Waals surface area contributed by atoms with E-state index < -0.39 is 39.4 Å². The second-order valence-corrected chi connectivity index (χ2v) is 4.75. The monoisotopic (exact) mass is 277 g/mol. The van der Waals surface area contributed by atoms with Gasteiger partial charge in [0.05, 0.1) is 6.61 Å². The Morgan fingerprint density at radius 2 is 2.11 bits per heavy atom. The van der Waals surface area contributed by atoms with E-state index in [4.69, 9.17) is 5.11 Å². The van der Waals surface area contributed by atoms with E-state index >= 15 is 0 Å². The number of nitrogens with one attached hydrogen (secondary N) is 1. The van der Waals surface area contributed by atoms with Gasteiger partial charge in [-0.15, -0.1) is 0 Å². The highest BCUT2D eigenvalue weighted by Crippen LogP contribution is 2.13. The minimum absolute atomic E-state index is 0.129. The Morgan fingerprint density at radius 3 is 2.61 bits per heavy atom. The average molecular weight is 277 g/mol. The lowest BCUT2D eigenvalue weighted by Crippen LogP contribution is -2.30. The van der Waals surface area contributed by atoms with Gasteiger partial charge in [0.25, 0.3) is 10.0 Å². The van der Waals surface area contributed by atoms with Crippen molar-refractivity contribution in [2.75, 3.05) is 13.2 Å². The van der Waals surface area contributed by atoms with Crippen LogP contribution in [-0.4, -0.2) is 38.6 Å². The van der Waals surface area contributed by atoms with Crippen LogP contribution in [0.1, 0.15) is 17.5 Å². The second kappa shape index (κ2) is 5.65. The highest BCUT2D eigenvalue weighted by atomic mass is 32.2. The molecule has 18 heavy (non-hydrogen) atoms. The van der Waals surface area contributed by atoms with Gasteiger partial charge in [-0.25, -0.2) is 13.2 Å². The third-order valence-electron chi connectivity index (χ3n) is 1.77. The number of aromatic carboxylic acids is 1. The first-order valence-corrected chi connectivity index (χ1v) is 6.33. The van der Waals surface area contributed by atoms with Gasteiger partial charge in [-0.05, 0) is 19.1 Å². The van der Waals surface area contributed by atoms with Crippen LogP contribution in [0.2, 0.25) is 0 Å². The van der Waals surface area contributed by atoms with Crippen molar-refractivity contribution >= 4 is 22.0 Å².